The summed E-state index contributed by atoms with van der Waals surface area (Å²) in [6.07, 6.45) is 2.68. The van der Waals surface area contributed by atoms with Gasteiger partial charge in [0.15, 0.2) is 11.5 Å². The molecule has 0 spiro atoms. The van der Waals surface area contributed by atoms with Crippen LogP contribution in [0.5, 0.6) is 0 Å². The highest BCUT2D eigenvalue weighted by molar-refractivity contribution is 5.93. The summed E-state index contributed by atoms with van der Waals surface area (Å²) < 4.78 is 16.5. The lowest BCUT2D eigenvalue weighted by molar-refractivity contribution is 0.0343. The lowest BCUT2D eigenvalue weighted by atomic mass is 9.89. The smallest absolute Gasteiger partial charge is 0.287 e. The second-order valence-electron chi connectivity index (χ2n) is 6.77. The first-order valence-corrected chi connectivity index (χ1v) is 9.41. The van der Waals surface area contributed by atoms with Crippen LogP contribution in [0.4, 0.5) is 0 Å². The molecular formula is C20H26N2O5. The van der Waals surface area contributed by atoms with Crippen LogP contribution in [0.1, 0.15) is 59.3 Å². The second-order valence-corrected chi connectivity index (χ2v) is 6.77. The van der Waals surface area contributed by atoms with E-state index in [1.807, 2.05) is 13.8 Å². The first kappa shape index (κ1) is 19.2. The van der Waals surface area contributed by atoms with E-state index in [9.17, 15) is 9.59 Å². The maximum atomic E-state index is 12.6. The van der Waals surface area contributed by atoms with Gasteiger partial charge in [0.05, 0.1) is 5.54 Å². The zero-order valence-corrected chi connectivity index (χ0v) is 15.8. The van der Waals surface area contributed by atoms with Crippen LogP contribution in [0.2, 0.25) is 0 Å². The topological polar surface area (TPSA) is 93.7 Å². The van der Waals surface area contributed by atoms with E-state index in [2.05, 4.69) is 10.6 Å². The van der Waals surface area contributed by atoms with Crippen molar-refractivity contribution in [1.82, 2.24) is 10.6 Å². The van der Waals surface area contributed by atoms with Gasteiger partial charge in [-0.05, 0) is 37.1 Å². The number of hydrogen-bond donors (Lipinski definition) is 2. The van der Waals surface area contributed by atoms with Crippen molar-refractivity contribution in [3.05, 3.63) is 47.3 Å². The monoisotopic (exact) mass is 374 g/mol. The largest absolute Gasteiger partial charge is 0.456 e. The van der Waals surface area contributed by atoms with Crippen molar-refractivity contribution in [2.24, 2.45) is 0 Å². The number of nitrogens with one attached hydrogen (secondary N) is 2. The average Bonchev–Trinajstić information content (AvgIpc) is 3.36. The Balaban J connectivity index is 1.66. The molecule has 3 heterocycles. The molecule has 1 aliphatic rings. The van der Waals surface area contributed by atoms with E-state index in [1.54, 1.807) is 24.3 Å². The van der Waals surface area contributed by atoms with Gasteiger partial charge in [-0.15, -0.1) is 0 Å². The number of amides is 2. The van der Waals surface area contributed by atoms with Crippen LogP contribution in [0, 0.1) is 0 Å². The fraction of sp³-hybridized carbons (Fsp3) is 0.500. The SMILES string of the molecule is CCc1ccc(C(=O)NCC2(NC(=O)c3ccc(CC)o3)CCOCC2)o1. The molecule has 0 saturated carbocycles. The van der Waals surface area contributed by atoms with Crippen molar-refractivity contribution in [3.8, 4) is 0 Å². The Hall–Kier alpha value is -2.54. The van der Waals surface area contributed by atoms with E-state index in [0.717, 1.165) is 24.4 Å². The van der Waals surface area contributed by atoms with E-state index in [-0.39, 0.29) is 23.3 Å². The molecule has 1 aliphatic heterocycles. The zero-order valence-electron chi connectivity index (χ0n) is 15.8. The Morgan fingerprint density at radius 2 is 1.48 bits per heavy atom. The summed E-state index contributed by atoms with van der Waals surface area (Å²) >= 11 is 0. The number of aryl methyl sites for hydroxylation is 2. The number of carbonyl (C=O) groups is 2. The molecule has 1 saturated heterocycles. The number of ether oxygens (including phenoxy) is 1. The van der Waals surface area contributed by atoms with E-state index in [4.69, 9.17) is 13.6 Å². The van der Waals surface area contributed by atoms with Gasteiger partial charge in [0.2, 0.25) is 0 Å². The lowest BCUT2D eigenvalue weighted by Crippen LogP contribution is -2.58. The normalized spacial score (nSPS) is 16.1. The van der Waals surface area contributed by atoms with Crippen LogP contribution < -0.4 is 10.6 Å². The van der Waals surface area contributed by atoms with E-state index in [1.165, 1.54) is 0 Å². The van der Waals surface area contributed by atoms with Crippen molar-refractivity contribution >= 4 is 11.8 Å². The Kier molecular flexibility index (Phi) is 6.01. The molecule has 1 fully saturated rings. The van der Waals surface area contributed by atoms with Gasteiger partial charge in [0.25, 0.3) is 11.8 Å². The summed E-state index contributed by atoms with van der Waals surface area (Å²) in [6.45, 7) is 5.27. The summed E-state index contributed by atoms with van der Waals surface area (Å²) in [7, 11) is 0. The average molecular weight is 374 g/mol. The Morgan fingerprint density at radius 3 is 2.00 bits per heavy atom. The van der Waals surface area contributed by atoms with Gasteiger partial charge >= 0.3 is 0 Å². The molecule has 0 radical (unpaired) electrons. The highest BCUT2D eigenvalue weighted by atomic mass is 16.5. The third kappa shape index (κ3) is 4.60. The second kappa shape index (κ2) is 8.43. The predicted octanol–water partition coefficient (Wildman–Crippen LogP) is 2.71. The summed E-state index contributed by atoms with van der Waals surface area (Å²) in [5.74, 6) is 1.51. The molecule has 7 nitrogen and oxygen atoms in total. The molecule has 2 aromatic heterocycles. The van der Waals surface area contributed by atoms with E-state index < -0.39 is 5.54 Å². The minimum absolute atomic E-state index is 0.277. The highest BCUT2D eigenvalue weighted by Crippen LogP contribution is 2.22. The Labute approximate surface area is 158 Å². The number of carbonyl (C=O) groups excluding carboxylic acids is 2. The zero-order chi connectivity index (χ0) is 19.3. The van der Waals surface area contributed by atoms with Crippen LogP contribution in [-0.2, 0) is 17.6 Å². The van der Waals surface area contributed by atoms with Crippen LogP contribution in [0.15, 0.2) is 33.1 Å². The minimum atomic E-state index is -0.579. The molecule has 0 aliphatic carbocycles. The van der Waals surface area contributed by atoms with Gasteiger partial charge in [-0.3, -0.25) is 9.59 Å². The Bertz CT molecular complexity index is 786. The van der Waals surface area contributed by atoms with Crippen molar-refractivity contribution in [3.63, 3.8) is 0 Å². The molecule has 146 valence electrons. The molecule has 3 rings (SSSR count). The summed E-state index contributed by atoms with van der Waals surface area (Å²) in [6, 6.07) is 6.94. The predicted molar refractivity (Wildman–Crippen MR) is 98.8 cm³/mol. The lowest BCUT2D eigenvalue weighted by Gasteiger charge is -2.37. The number of rotatable bonds is 7. The van der Waals surface area contributed by atoms with Gasteiger partial charge in [-0.2, -0.15) is 0 Å². The molecule has 0 aromatic carbocycles. The summed E-state index contributed by atoms with van der Waals surface area (Å²) in [5, 5.41) is 5.94. The molecule has 2 amide bonds. The number of furan rings is 2. The maximum absolute atomic E-state index is 12.6. The molecule has 7 heteroatoms. The molecule has 0 bridgehead atoms. The first-order valence-electron chi connectivity index (χ1n) is 9.41. The fourth-order valence-electron chi connectivity index (χ4n) is 3.13. The first-order chi connectivity index (χ1) is 13.0. The van der Waals surface area contributed by atoms with Crippen molar-refractivity contribution in [2.75, 3.05) is 19.8 Å². The van der Waals surface area contributed by atoms with Crippen LogP contribution >= 0.6 is 0 Å². The fourth-order valence-corrected chi connectivity index (χ4v) is 3.13. The van der Waals surface area contributed by atoms with E-state index in [0.29, 0.717) is 32.6 Å². The summed E-state index contributed by atoms with van der Waals surface area (Å²) in [5.41, 5.74) is -0.579. The maximum Gasteiger partial charge on any atom is 0.287 e. The molecule has 27 heavy (non-hydrogen) atoms. The third-order valence-corrected chi connectivity index (χ3v) is 4.88. The van der Waals surface area contributed by atoms with Crippen molar-refractivity contribution in [1.29, 1.82) is 0 Å². The molecular weight excluding hydrogens is 348 g/mol. The standard InChI is InChI=1S/C20H26N2O5/c1-3-14-5-7-16(26-14)18(23)21-13-20(9-11-25-12-10-20)22-19(24)17-8-6-15(4-2)27-17/h5-8H,3-4,9-13H2,1-2H3,(H,21,23)(H,22,24). The van der Waals surface area contributed by atoms with Crippen molar-refractivity contribution in [2.45, 2.75) is 45.1 Å². The van der Waals surface area contributed by atoms with E-state index >= 15 is 0 Å². The molecule has 0 atom stereocenters. The van der Waals surface area contributed by atoms with Gasteiger partial charge in [-0.1, -0.05) is 13.8 Å². The van der Waals surface area contributed by atoms with Crippen LogP contribution in [-0.4, -0.2) is 37.1 Å². The van der Waals surface area contributed by atoms with Gasteiger partial charge in [0.1, 0.15) is 11.5 Å². The quantitative estimate of drug-likeness (QED) is 0.777. The minimum Gasteiger partial charge on any atom is -0.456 e. The number of hydrogen-bond acceptors (Lipinski definition) is 5. The van der Waals surface area contributed by atoms with Gasteiger partial charge < -0.3 is 24.2 Å². The Morgan fingerprint density at radius 1 is 0.926 bits per heavy atom. The van der Waals surface area contributed by atoms with Gasteiger partial charge in [0, 0.05) is 32.6 Å². The molecule has 2 N–H and O–H groups in total. The van der Waals surface area contributed by atoms with Crippen LogP contribution in [0.25, 0.3) is 0 Å². The highest BCUT2D eigenvalue weighted by Gasteiger charge is 2.35. The van der Waals surface area contributed by atoms with Gasteiger partial charge in [-0.25, -0.2) is 0 Å². The molecule has 0 unspecified atom stereocenters. The summed E-state index contributed by atoms with van der Waals surface area (Å²) in [4.78, 5) is 25.0. The van der Waals surface area contributed by atoms with Crippen LogP contribution in [0.3, 0.4) is 0 Å². The van der Waals surface area contributed by atoms with Crippen molar-refractivity contribution < 1.29 is 23.2 Å². The third-order valence-electron chi connectivity index (χ3n) is 4.88. The molecule has 2 aromatic rings.